The molecule has 9 heteroatoms. The predicted octanol–water partition coefficient (Wildman–Crippen LogP) is 2.86. The third-order valence-electron chi connectivity index (χ3n) is 3.10. The molecule has 0 saturated heterocycles. The first-order chi connectivity index (χ1) is 10.7. The second-order valence-electron chi connectivity index (χ2n) is 6.20. The van der Waals surface area contributed by atoms with Crippen molar-refractivity contribution in [2.24, 2.45) is 0 Å². The zero-order valence-electron chi connectivity index (χ0n) is 13.5. The smallest absolute Gasteiger partial charge is 0.233 e. The molecule has 0 saturated carbocycles. The van der Waals surface area contributed by atoms with E-state index in [1.54, 1.807) is 23.3 Å². The maximum absolute atomic E-state index is 12.2. The van der Waals surface area contributed by atoms with E-state index in [0.29, 0.717) is 17.5 Å². The van der Waals surface area contributed by atoms with Crippen molar-refractivity contribution in [3.05, 3.63) is 26.6 Å². The van der Waals surface area contributed by atoms with Crippen molar-refractivity contribution in [1.29, 1.82) is 0 Å². The summed E-state index contributed by atoms with van der Waals surface area (Å²) in [5.74, 6) is 7.03. The molecule has 0 unspecified atom stereocenters. The molecule has 0 spiro atoms. The lowest BCUT2D eigenvalue weighted by Crippen LogP contribution is -2.28. The number of thiophene rings is 1. The van der Waals surface area contributed by atoms with Crippen LogP contribution in [0.1, 0.15) is 31.5 Å². The first-order valence-electron chi connectivity index (χ1n) is 6.99. The Hall–Kier alpha value is -1.06. The molecule has 2 aromatic rings. The summed E-state index contributed by atoms with van der Waals surface area (Å²) >= 11 is 6.35. The molecule has 0 fully saturated rings. The second kappa shape index (κ2) is 7.23. The average molecular weight is 418 g/mol. The van der Waals surface area contributed by atoms with Gasteiger partial charge in [0.25, 0.3) is 0 Å². The van der Waals surface area contributed by atoms with Gasteiger partial charge < -0.3 is 10.7 Å². The summed E-state index contributed by atoms with van der Waals surface area (Å²) in [5, 5.41) is 10.8. The van der Waals surface area contributed by atoms with Gasteiger partial charge in [-0.2, -0.15) is 0 Å². The summed E-state index contributed by atoms with van der Waals surface area (Å²) < 4.78 is 2.51. The maximum Gasteiger partial charge on any atom is 0.233 e. The van der Waals surface area contributed by atoms with E-state index >= 15 is 0 Å². The highest BCUT2D eigenvalue weighted by Crippen LogP contribution is 2.24. The number of thioether (sulfide) groups is 1. The largest absolute Gasteiger partial charge is 0.340 e. The van der Waals surface area contributed by atoms with Gasteiger partial charge in [-0.25, -0.2) is 4.68 Å². The van der Waals surface area contributed by atoms with Gasteiger partial charge in [0.1, 0.15) is 0 Å². The van der Waals surface area contributed by atoms with Gasteiger partial charge in [-0.05, 0) is 22.0 Å². The Morgan fingerprint density at radius 3 is 2.70 bits per heavy atom. The van der Waals surface area contributed by atoms with Crippen molar-refractivity contribution in [1.82, 2.24) is 19.8 Å². The molecule has 0 radical (unpaired) electrons. The number of nitrogens with zero attached hydrogens (tertiary/aromatic N) is 4. The van der Waals surface area contributed by atoms with Crippen molar-refractivity contribution in [2.75, 3.05) is 18.6 Å². The summed E-state index contributed by atoms with van der Waals surface area (Å²) in [5.41, 5.74) is -0.187. The molecule has 126 valence electrons. The van der Waals surface area contributed by atoms with Crippen LogP contribution < -0.4 is 5.84 Å². The Labute approximate surface area is 152 Å². The van der Waals surface area contributed by atoms with Crippen molar-refractivity contribution in [2.45, 2.75) is 37.9 Å². The van der Waals surface area contributed by atoms with Crippen LogP contribution in [0.3, 0.4) is 0 Å². The van der Waals surface area contributed by atoms with Crippen LogP contribution in [-0.4, -0.2) is 38.5 Å². The minimum atomic E-state index is -0.187. The number of nitrogen functional groups attached to an aromatic ring is 1. The molecule has 6 nitrogen and oxygen atoms in total. The monoisotopic (exact) mass is 417 g/mol. The van der Waals surface area contributed by atoms with Gasteiger partial charge in [-0.3, -0.25) is 4.79 Å². The van der Waals surface area contributed by atoms with Crippen LogP contribution in [0.25, 0.3) is 0 Å². The minimum absolute atomic E-state index is 0.0276. The van der Waals surface area contributed by atoms with Gasteiger partial charge in [-0.1, -0.05) is 32.5 Å². The third kappa shape index (κ3) is 4.71. The van der Waals surface area contributed by atoms with E-state index in [4.69, 9.17) is 5.84 Å². The highest BCUT2D eigenvalue weighted by atomic mass is 79.9. The van der Waals surface area contributed by atoms with Gasteiger partial charge >= 0.3 is 0 Å². The number of carbonyl (C=O) groups excluding carboxylic acids is 1. The Morgan fingerprint density at radius 1 is 1.48 bits per heavy atom. The highest BCUT2D eigenvalue weighted by molar-refractivity contribution is 9.10. The van der Waals surface area contributed by atoms with E-state index in [0.717, 1.165) is 9.35 Å². The zero-order chi connectivity index (χ0) is 17.2. The molecule has 0 atom stereocenters. The molecular formula is C14H20BrN5OS2. The van der Waals surface area contributed by atoms with Crippen LogP contribution in [0.5, 0.6) is 0 Å². The van der Waals surface area contributed by atoms with Gasteiger partial charge in [-0.15, -0.1) is 21.5 Å². The van der Waals surface area contributed by atoms with Gasteiger partial charge in [0.2, 0.25) is 11.1 Å². The van der Waals surface area contributed by atoms with E-state index in [1.807, 2.05) is 32.2 Å². The Morgan fingerprint density at radius 2 is 2.17 bits per heavy atom. The lowest BCUT2D eigenvalue weighted by molar-refractivity contribution is -0.127. The molecule has 0 aliphatic heterocycles. The lowest BCUT2D eigenvalue weighted by atomic mass is 9.96. The molecule has 2 rings (SSSR count). The molecular weight excluding hydrogens is 398 g/mol. The molecule has 2 heterocycles. The van der Waals surface area contributed by atoms with Crippen molar-refractivity contribution in [3.8, 4) is 0 Å². The summed E-state index contributed by atoms with van der Waals surface area (Å²) in [6, 6.07) is 2.02. The normalized spacial score (nSPS) is 11.7. The SMILES string of the molecule is CN(Cc1cc(Br)cs1)C(=O)CSc1nnc(C(C)(C)C)n1N. The molecule has 2 N–H and O–H groups in total. The summed E-state index contributed by atoms with van der Waals surface area (Å²) in [6.07, 6.45) is 0. The van der Waals surface area contributed by atoms with Crippen LogP contribution in [0, 0.1) is 0 Å². The number of nitrogens with two attached hydrogens (primary N) is 1. The predicted molar refractivity (Wildman–Crippen MR) is 98.1 cm³/mol. The van der Waals surface area contributed by atoms with E-state index < -0.39 is 0 Å². The number of aromatic nitrogens is 3. The number of hydrogen-bond donors (Lipinski definition) is 1. The lowest BCUT2D eigenvalue weighted by Gasteiger charge is -2.17. The number of carbonyl (C=O) groups is 1. The fourth-order valence-electron chi connectivity index (χ4n) is 1.88. The maximum atomic E-state index is 12.2. The van der Waals surface area contributed by atoms with Crippen LogP contribution in [0.2, 0.25) is 0 Å². The van der Waals surface area contributed by atoms with Crippen molar-refractivity contribution < 1.29 is 4.79 Å². The summed E-state index contributed by atoms with van der Waals surface area (Å²) in [7, 11) is 1.80. The fourth-order valence-corrected chi connectivity index (χ4v) is 4.18. The molecule has 1 amide bonds. The number of amides is 1. The van der Waals surface area contributed by atoms with Gasteiger partial charge in [0, 0.05) is 27.2 Å². The van der Waals surface area contributed by atoms with Crippen molar-refractivity contribution in [3.63, 3.8) is 0 Å². The summed E-state index contributed by atoms with van der Waals surface area (Å²) in [6.45, 7) is 6.66. The van der Waals surface area contributed by atoms with Gasteiger partial charge in [0.05, 0.1) is 12.3 Å². The molecule has 0 aliphatic carbocycles. The van der Waals surface area contributed by atoms with Crippen LogP contribution in [0.15, 0.2) is 21.1 Å². The molecule has 0 aromatic carbocycles. The Kier molecular flexibility index (Phi) is 5.74. The molecule has 2 aromatic heterocycles. The number of hydrogen-bond acceptors (Lipinski definition) is 6. The highest BCUT2D eigenvalue weighted by Gasteiger charge is 2.23. The molecule has 0 bridgehead atoms. The van der Waals surface area contributed by atoms with E-state index in [2.05, 4.69) is 26.1 Å². The van der Waals surface area contributed by atoms with Crippen LogP contribution in [0.4, 0.5) is 0 Å². The van der Waals surface area contributed by atoms with Crippen LogP contribution >= 0.6 is 39.0 Å². The van der Waals surface area contributed by atoms with Gasteiger partial charge in [0.15, 0.2) is 5.82 Å². The zero-order valence-corrected chi connectivity index (χ0v) is 16.8. The van der Waals surface area contributed by atoms with E-state index in [9.17, 15) is 4.79 Å². The number of rotatable bonds is 5. The number of halogens is 1. The Balaban J connectivity index is 1.93. The third-order valence-corrected chi connectivity index (χ3v) is 5.71. The van der Waals surface area contributed by atoms with Crippen molar-refractivity contribution >= 4 is 44.9 Å². The standard InChI is InChI=1S/C14H20BrN5OS2/c1-14(2,3)12-17-18-13(20(12)16)23-8-11(21)19(4)6-10-5-9(15)7-22-10/h5,7H,6,8,16H2,1-4H3. The molecule has 0 aliphatic rings. The van der Waals surface area contributed by atoms with E-state index in [-0.39, 0.29) is 17.1 Å². The van der Waals surface area contributed by atoms with E-state index in [1.165, 1.54) is 16.4 Å². The van der Waals surface area contributed by atoms with Crippen LogP contribution in [-0.2, 0) is 16.8 Å². The average Bonchev–Trinajstić information content (AvgIpc) is 3.01. The summed E-state index contributed by atoms with van der Waals surface area (Å²) in [4.78, 5) is 15.1. The quantitative estimate of drug-likeness (QED) is 0.597. The topological polar surface area (TPSA) is 77.0 Å². The Bertz CT molecular complexity index is 692. The second-order valence-corrected chi connectivity index (χ2v) is 9.05. The first kappa shape index (κ1) is 18.3. The first-order valence-corrected chi connectivity index (χ1v) is 9.65. The molecule has 23 heavy (non-hydrogen) atoms. The minimum Gasteiger partial charge on any atom is -0.340 e. The fraction of sp³-hybridized carbons (Fsp3) is 0.500.